The van der Waals surface area contributed by atoms with Gasteiger partial charge in [-0.05, 0) is 25.0 Å². The largest absolute Gasteiger partial charge is 0.355 e. The summed E-state index contributed by atoms with van der Waals surface area (Å²) in [6.07, 6.45) is 6.15. The Labute approximate surface area is 142 Å². The normalized spacial score (nSPS) is 14.2. The van der Waals surface area contributed by atoms with Gasteiger partial charge in [0.05, 0.1) is 0 Å². The number of aliphatic imine (C=N–C) groups is 1. The molecule has 1 fully saturated rings. The van der Waals surface area contributed by atoms with Crippen LogP contribution in [0.4, 0.5) is 0 Å². The third kappa shape index (κ3) is 6.83. The number of carbonyl (C=O) groups excluding carboxylic acids is 1. The van der Waals surface area contributed by atoms with E-state index in [9.17, 15) is 4.79 Å². The monoisotopic (exact) mass is 405 g/mol. The van der Waals surface area contributed by atoms with Crippen molar-refractivity contribution >= 4 is 35.8 Å². The number of carbonyl (C=O) groups is 1. The molecule has 0 unspecified atom stereocenters. The third-order valence-electron chi connectivity index (χ3n) is 3.22. The molecule has 2 rings (SSSR count). The molecule has 0 aromatic carbocycles. The van der Waals surface area contributed by atoms with Crippen LogP contribution in [0.1, 0.15) is 12.8 Å². The first kappa shape index (κ1) is 17.8. The Kier molecular flexibility index (Phi) is 8.17. The Balaban J connectivity index is 0.00000220. The molecule has 1 aliphatic rings. The van der Waals surface area contributed by atoms with Crippen LogP contribution in [0.3, 0.4) is 0 Å². The molecule has 1 heterocycles. The molecule has 1 aromatic rings. The van der Waals surface area contributed by atoms with E-state index < -0.39 is 0 Å². The van der Waals surface area contributed by atoms with Gasteiger partial charge in [-0.25, -0.2) is 0 Å². The molecule has 7 heteroatoms. The summed E-state index contributed by atoms with van der Waals surface area (Å²) in [5, 5.41) is 9.33. The highest BCUT2D eigenvalue weighted by molar-refractivity contribution is 14.0. The summed E-state index contributed by atoms with van der Waals surface area (Å²) in [4.78, 5) is 15.6. The highest BCUT2D eigenvalue weighted by Gasteiger charge is 2.28. The lowest BCUT2D eigenvalue weighted by Crippen LogP contribution is -2.42. The van der Waals surface area contributed by atoms with Crippen molar-refractivity contribution in [3.05, 3.63) is 24.5 Å². The van der Waals surface area contributed by atoms with Gasteiger partial charge < -0.3 is 20.5 Å². The van der Waals surface area contributed by atoms with Crippen LogP contribution in [0.2, 0.25) is 0 Å². The van der Waals surface area contributed by atoms with E-state index in [-0.39, 0.29) is 35.8 Å². The summed E-state index contributed by atoms with van der Waals surface area (Å²) in [5.74, 6) is 1.22. The Hall–Kier alpha value is -1.25. The molecule has 1 aromatic heterocycles. The highest BCUT2D eigenvalue weighted by atomic mass is 127. The fourth-order valence-electron chi connectivity index (χ4n) is 1.90. The van der Waals surface area contributed by atoms with E-state index in [1.165, 1.54) is 0 Å². The van der Waals surface area contributed by atoms with E-state index in [1.807, 2.05) is 24.5 Å². The molecule has 0 spiro atoms. The topological polar surface area (TPSA) is 70.4 Å². The first-order valence-electron chi connectivity index (χ1n) is 7.12. The summed E-state index contributed by atoms with van der Waals surface area (Å²) in [5.41, 5.74) is 0. The minimum atomic E-state index is 0. The van der Waals surface area contributed by atoms with Crippen molar-refractivity contribution in [2.75, 3.05) is 26.7 Å². The fourth-order valence-corrected chi connectivity index (χ4v) is 1.90. The Morgan fingerprint density at radius 1 is 1.14 bits per heavy atom. The quantitative estimate of drug-likeness (QED) is 0.272. The van der Waals surface area contributed by atoms with Crippen molar-refractivity contribution in [3.63, 3.8) is 0 Å². The Bertz CT molecular complexity index is 442. The third-order valence-corrected chi connectivity index (χ3v) is 3.22. The van der Waals surface area contributed by atoms with E-state index >= 15 is 0 Å². The molecule has 21 heavy (non-hydrogen) atoms. The van der Waals surface area contributed by atoms with Crippen LogP contribution in [-0.2, 0) is 11.3 Å². The first-order chi connectivity index (χ1) is 9.79. The molecular formula is C14H24IN5O. The van der Waals surface area contributed by atoms with Crippen molar-refractivity contribution < 1.29 is 4.79 Å². The van der Waals surface area contributed by atoms with E-state index in [4.69, 9.17) is 0 Å². The Morgan fingerprint density at radius 2 is 1.76 bits per heavy atom. The minimum Gasteiger partial charge on any atom is -0.355 e. The molecule has 0 radical (unpaired) electrons. The maximum atomic E-state index is 11.4. The number of nitrogens with zero attached hydrogens (tertiary/aromatic N) is 2. The second-order valence-electron chi connectivity index (χ2n) is 4.91. The molecule has 6 nitrogen and oxygen atoms in total. The van der Waals surface area contributed by atoms with Gasteiger partial charge in [-0.1, -0.05) is 0 Å². The molecular weight excluding hydrogens is 381 g/mol. The SMILES string of the molecule is CN=C(NCCNC(=O)C1CC1)NCCn1cccc1.I. The number of guanidine groups is 1. The van der Waals surface area contributed by atoms with Crippen LogP contribution >= 0.6 is 24.0 Å². The summed E-state index contributed by atoms with van der Waals surface area (Å²) < 4.78 is 2.11. The van der Waals surface area contributed by atoms with Gasteiger partial charge in [-0.3, -0.25) is 9.79 Å². The van der Waals surface area contributed by atoms with Gasteiger partial charge in [-0.15, -0.1) is 24.0 Å². The summed E-state index contributed by atoms with van der Waals surface area (Å²) in [6.45, 7) is 3.02. The smallest absolute Gasteiger partial charge is 0.223 e. The predicted molar refractivity (Wildman–Crippen MR) is 94.9 cm³/mol. The number of halogens is 1. The maximum absolute atomic E-state index is 11.4. The Morgan fingerprint density at radius 3 is 2.38 bits per heavy atom. The first-order valence-corrected chi connectivity index (χ1v) is 7.12. The molecule has 118 valence electrons. The average molecular weight is 405 g/mol. The van der Waals surface area contributed by atoms with Crippen LogP contribution < -0.4 is 16.0 Å². The van der Waals surface area contributed by atoms with Gasteiger partial charge in [0.15, 0.2) is 5.96 Å². The van der Waals surface area contributed by atoms with Crippen LogP contribution in [0.5, 0.6) is 0 Å². The molecule has 1 aliphatic carbocycles. The fraction of sp³-hybridized carbons (Fsp3) is 0.571. The summed E-state index contributed by atoms with van der Waals surface area (Å²) in [6, 6.07) is 4.02. The molecule has 0 bridgehead atoms. The van der Waals surface area contributed by atoms with Gasteiger partial charge in [0.2, 0.25) is 5.91 Å². The minimum absolute atomic E-state index is 0. The zero-order chi connectivity index (χ0) is 14.2. The number of hydrogen-bond acceptors (Lipinski definition) is 2. The van der Waals surface area contributed by atoms with Crippen molar-refractivity contribution in [1.82, 2.24) is 20.5 Å². The lowest BCUT2D eigenvalue weighted by atomic mass is 10.4. The van der Waals surface area contributed by atoms with Gasteiger partial charge >= 0.3 is 0 Å². The number of aromatic nitrogens is 1. The van der Waals surface area contributed by atoms with Crippen LogP contribution in [0, 0.1) is 5.92 Å². The number of rotatable bonds is 7. The van der Waals surface area contributed by atoms with Gasteiger partial charge in [0, 0.05) is 51.5 Å². The van der Waals surface area contributed by atoms with Gasteiger partial charge in [-0.2, -0.15) is 0 Å². The molecule has 3 N–H and O–H groups in total. The van der Waals surface area contributed by atoms with Crippen LogP contribution in [0.15, 0.2) is 29.5 Å². The van der Waals surface area contributed by atoms with Gasteiger partial charge in [0.1, 0.15) is 0 Å². The number of amides is 1. The average Bonchev–Trinajstić information content (AvgIpc) is 3.19. The molecule has 1 saturated carbocycles. The zero-order valence-corrected chi connectivity index (χ0v) is 14.7. The lowest BCUT2D eigenvalue weighted by Gasteiger charge is -2.12. The number of nitrogens with one attached hydrogen (secondary N) is 3. The van der Waals surface area contributed by atoms with Crippen molar-refractivity contribution in [3.8, 4) is 0 Å². The van der Waals surface area contributed by atoms with E-state index in [0.717, 1.165) is 31.9 Å². The maximum Gasteiger partial charge on any atom is 0.223 e. The number of hydrogen-bond donors (Lipinski definition) is 3. The van der Waals surface area contributed by atoms with E-state index in [0.29, 0.717) is 13.1 Å². The second kappa shape index (κ2) is 9.64. The lowest BCUT2D eigenvalue weighted by molar-refractivity contribution is -0.122. The van der Waals surface area contributed by atoms with Crippen molar-refractivity contribution in [2.45, 2.75) is 19.4 Å². The van der Waals surface area contributed by atoms with Crippen molar-refractivity contribution in [1.29, 1.82) is 0 Å². The molecule has 0 aliphatic heterocycles. The highest BCUT2D eigenvalue weighted by Crippen LogP contribution is 2.28. The van der Waals surface area contributed by atoms with Crippen LogP contribution in [0.25, 0.3) is 0 Å². The summed E-state index contributed by atoms with van der Waals surface area (Å²) in [7, 11) is 1.74. The summed E-state index contributed by atoms with van der Waals surface area (Å²) >= 11 is 0. The standard InChI is InChI=1S/C14H23N5O.HI/c1-15-14(18-8-11-19-9-2-3-10-19)17-7-6-16-13(20)12-4-5-12;/h2-3,9-10,12H,4-8,11H2,1H3,(H,16,20)(H2,15,17,18);1H. The molecule has 0 saturated heterocycles. The van der Waals surface area contributed by atoms with E-state index in [1.54, 1.807) is 7.05 Å². The second-order valence-corrected chi connectivity index (χ2v) is 4.91. The molecule has 1 amide bonds. The zero-order valence-electron chi connectivity index (χ0n) is 12.3. The van der Waals surface area contributed by atoms with Crippen LogP contribution in [-0.4, -0.2) is 43.1 Å². The predicted octanol–water partition coefficient (Wildman–Crippen LogP) is 0.797. The van der Waals surface area contributed by atoms with Gasteiger partial charge in [0.25, 0.3) is 0 Å². The van der Waals surface area contributed by atoms with E-state index in [2.05, 4.69) is 25.5 Å². The van der Waals surface area contributed by atoms with Crippen molar-refractivity contribution in [2.24, 2.45) is 10.9 Å². The molecule has 0 atom stereocenters.